The van der Waals surface area contributed by atoms with E-state index >= 15 is 0 Å². The molecule has 0 aliphatic carbocycles. The quantitative estimate of drug-likeness (QED) is 0.799. The van der Waals surface area contributed by atoms with Gasteiger partial charge < -0.3 is 11.1 Å². The number of likely N-dealkylation sites (N-methyl/N-ethyl adjacent to an activating group) is 1. The molecule has 0 bridgehead atoms. The molecule has 0 aliphatic heterocycles. The number of primary amides is 1. The first-order chi connectivity index (χ1) is 6.56. The summed E-state index contributed by atoms with van der Waals surface area (Å²) < 4.78 is 12.8. The first-order valence-corrected chi connectivity index (χ1v) is 4.35. The monoisotopic (exact) mass is 216 g/mol. The fraction of sp³-hybridized carbons (Fsp3) is 0.222. The largest absolute Gasteiger partial charge is 0.368 e. The van der Waals surface area contributed by atoms with Crippen LogP contribution in [0.1, 0.15) is 11.6 Å². The van der Waals surface area contributed by atoms with Crippen molar-refractivity contribution in [2.24, 2.45) is 5.73 Å². The number of hydrogen-bond donors (Lipinski definition) is 2. The Bertz CT molecular complexity index is 357. The minimum absolute atomic E-state index is 0.0241. The summed E-state index contributed by atoms with van der Waals surface area (Å²) in [5.41, 5.74) is 5.68. The van der Waals surface area contributed by atoms with Crippen LogP contribution in [0, 0.1) is 5.82 Å². The van der Waals surface area contributed by atoms with Gasteiger partial charge in [-0.25, -0.2) is 4.39 Å². The van der Waals surface area contributed by atoms with Gasteiger partial charge in [0, 0.05) is 0 Å². The van der Waals surface area contributed by atoms with E-state index in [1.54, 1.807) is 7.05 Å². The molecular weight excluding hydrogens is 207 g/mol. The molecule has 3 nitrogen and oxygen atoms in total. The number of amides is 1. The van der Waals surface area contributed by atoms with Crippen molar-refractivity contribution in [3.8, 4) is 0 Å². The topological polar surface area (TPSA) is 55.1 Å². The van der Waals surface area contributed by atoms with Crippen molar-refractivity contribution in [3.05, 3.63) is 34.6 Å². The number of hydrogen-bond acceptors (Lipinski definition) is 2. The molecule has 0 saturated heterocycles. The average molecular weight is 217 g/mol. The van der Waals surface area contributed by atoms with E-state index in [-0.39, 0.29) is 5.02 Å². The van der Waals surface area contributed by atoms with Gasteiger partial charge in [0.25, 0.3) is 0 Å². The zero-order valence-corrected chi connectivity index (χ0v) is 8.31. The predicted molar refractivity (Wildman–Crippen MR) is 52.4 cm³/mol. The standard InChI is InChI=1S/C9H10ClFN2O/c1-13-8(9(12)14)5-2-3-7(11)6(10)4-5/h2-4,8,13H,1H3,(H2,12,14). The smallest absolute Gasteiger partial charge is 0.239 e. The highest BCUT2D eigenvalue weighted by Crippen LogP contribution is 2.20. The van der Waals surface area contributed by atoms with Crippen LogP contribution in [-0.4, -0.2) is 13.0 Å². The predicted octanol–water partition coefficient (Wildman–Crippen LogP) is 1.22. The summed E-state index contributed by atoms with van der Waals surface area (Å²) in [4.78, 5) is 11.0. The van der Waals surface area contributed by atoms with Crippen LogP contribution in [0.3, 0.4) is 0 Å². The number of benzene rings is 1. The van der Waals surface area contributed by atoms with E-state index in [0.29, 0.717) is 5.56 Å². The van der Waals surface area contributed by atoms with Crippen molar-refractivity contribution in [2.45, 2.75) is 6.04 Å². The molecule has 0 heterocycles. The Hall–Kier alpha value is -1.13. The molecule has 1 atom stereocenters. The first kappa shape index (κ1) is 10.9. The molecule has 0 radical (unpaired) electrons. The number of carbonyl (C=O) groups excluding carboxylic acids is 1. The maximum atomic E-state index is 12.8. The molecule has 1 amide bonds. The highest BCUT2D eigenvalue weighted by molar-refractivity contribution is 6.30. The highest BCUT2D eigenvalue weighted by Gasteiger charge is 2.16. The lowest BCUT2D eigenvalue weighted by molar-refractivity contribution is -0.120. The van der Waals surface area contributed by atoms with Gasteiger partial charge in [-0.2, -0.15) is 0 Å². The summed E-state index contributed by atoms with van der Waals surface area (Å²) in [6, 6.07) is 3.40. The van der Waals surface area contributed by atoms with Crippen molar-refractivity contribution in [3.63, 3.8) is 0 Å². The first-order valence-electron chi connectivity index (χ1n) is 3.97. The van der Waals surface area contributed by atoms with Crippen molar-refractivity contribution >= 4 is 17.5 Å². The lowest BCUT2D eigenvalue weighted by Crippen LogP contribution is -2.31. The maximum Gasteiger partial charge on any atom is 0.239 e. The van der Waals surface area contributed by atoms with E-state index in [1.165, 1.54) is 18.2 Å². The Morgan fingerprint density at radius 2 is 2.29 bits per heavy atom. The van der Waals surface area contributed by atoms with Gasteiger partial charge in [-0.1, -0.05) is 17.7 Å². The lowest BCUT2D eigenvalue weighted by atomic mass is 10.1. The molecule has 1 aromatic rings. The minimum Gasteiger partial charge on any atom is -0.368 e. The Morgan fingerprint density at radius 3 is 2.71 bits per heavy atom. The Labute approximate surface area is 86.0 Å². The number of carbonyl (C=O) groups is 1. The van der Waals surface area contributed by atoms with Crippen LogP contribution in [0.2, 0.25) is 5.02 Å². The molecule has 5 heteroatoms. The van der Waals surface area contributed by atoms with Gasteiger partial charge in [0.05, 0.1) is 5.02 Å². The van der Waals surface area contributed by atoms with Crippen molar-refractivity contribution in [2.75, 3.05) is 7.05 Å². The van der Waals surface area contributed by atoms with Crippen LogP contribution in [0.15, 0.2) is 18.2 Å². The second-order valence-corrected chi connectivity index (χ2v) is 3.20. The molecule has 1 aromatic carbocycles. The van der Waals surface area contributed by atoms with Gasteiger partial charge in [0.1, 0.15) is 11.9 Å². The number of nitrogens with one attached hydrogen (secondary N) is 1. The summed E-state index contributed by atoms with van der Waals surface area (Å²) in [7, 11) is 1.59. The van der Waals surface area contributed by atoms with Crippen LogP contribution in [0.25, 0.3) is 0 Å². The van der Waals surface area contributed by atoms with Crippen molar-refractivity contribution in [1.82, 2.24) is 5.32 Å². The van der Waals surface area contributed by atoms with Crippen LogP contribution in [0.5, 0.6) is 0 Å². The molecule has 0 aliphatic rings. The molecule has 0 aromatic heterocycles. The van der Waals surface area contributed by atoms with E-state index in [2.05, 4.69) is 5.32 Å². The van der Waals surface area contributed by atoms with Gasteiger partial charge >= 0.3 is 0 Å². The second-order valence-electron chi connectivity index (χ2n) is 2.80. The molecular formula is C9H10ClFN2O. The Balaban J connectivity index is 3.06. The van der Waals surface area contributed by atoms with E-state index < -0.39 is 17.8 Å². The van der Waals surface area contributed by atoms with Crippen LogP contribution in [0.4, 0.5) is 4.39 Å². The summed E-state index contributed by atoms with van der Waals surface area (Å²) in [6.07, 6.45) is 0. The van der Waals surface area contributed by atoms with Gasteiger partial charge in [-0.05, 0) is 24.7 Å². The van der Waals surface area contributed by atoms with E-state index in [1.807, 2.05) is 0 Å². The van der Waals surface area contributed by atoms with E-state index in [0.717, 1.165) is 0 Å². The molecule has 3 N–H and O–H groups in total. The van der Waals surface area contributed by atoms with Crippen LogP contribution >= 0.6 is 11.6 Å². The van der Waals surface area contributed by atoms with Crippen molar-refractivity contribution in [1.29, 1.82) is 0 Å². The number of halogens is 2. The maximum absolute atomic E-state index is 12.8. The van der Waals surface area contributed by atoms with Crippen LogP contribution in [-0.2, 0) is 4.79 Å². The van der Waals surface area contributed by atoms with Gasteiger partial charge in [-0.3, -0.25) is 4.79 Å². The average Bonchev–Trinajstić information content (AvgIpc) is 2.11. The molecule has 1 rings (SSSR count). The van der Waals surface area contributed by atoms with Crippen molar-refractivity contribution < 1.29 is 9.18 Å². The SMILES string of the molecule is CNC(C(N)=O)c1ccc(F)c(Cl)c1. The van der Waals surface area contributed by atoms with Gasteiger partial charge in [0.2, 0.25) is 5.91 Å². The molecule has 1 unspecified atom stereocenters. The molecule has 0 fully saturated rings. The third-order valence-electron chi connectivity index (χ3n) is 1.85. The summed E-state index contributed by atoms with van der Waals surface area (Å²) >= 11 is 5.56. The fourth-order valence-corrected chi connectivity index (χ4v) is 1.35. The normalized spacial score (nSPS) is 12.5. The molecule has 0 saturated carbocycles. The van der Waals surface area contributed by atoms with E-state index in [9.17, 15) is 9.18 Å². The molecule has 14 heavy (non-hydrogen) atoms. The van der Waals surface area contributed by atoms with Gasteiger partial charge in [0.15, 0.2) is 0 Å². The zero-order chi connectivity index (χ0) is 10.7. The number of rotatable bonds is 3. The third-order valence-corrected chi connectivity index (χ3v) is 2.14. The van der Waals surface area contributed by atoms with Crippen LogP contribution < -0.4 is 11.1 Å². The Morgan fingerprint density at radius 1 is 1.64 bits per heavy atom. The van der Waals surface area contributed by atoms with E-state index in [4.69, 9.17) is 17.3 Å². The molecule has 0 spiro atoms. The lowest BCUT2D eigenvalue weighted by Gasteiger charge is -2.12. The number of nitrogens with two attached hydrogens (primary N) is 1. The Kier molecular flexibility index (Phi) is 3.43. The van der Waals surface area contributed by atoms with Gasteiger partial charge in [-0.15, -0.1) is 0 Å². The summed E-state index contributed by atoms with van der Waals surface area (Å²) in [5.74, 6) is -1.05. The fourth-order valence-electron chi connectivity index (χ4n) is 1.17. The minimum atomic E-state index is -0.645. The zero-order valence-electron chi connectivity index (χ0n) is 7.55. The second kappa shape index (κ2) is 4.39. The summed E-state index contributed by atoms with van der Waals surface area (Å²) in [6.45, 7) is 0. The molecule has 76 valence electrons. The third kappa shape index (κ3) is 2.21. The highest BCUT2D eigenvalue weighted by atomic mass is 35.5. The summed E-state index contributed by atoms with van der Waals surface area (Å²) in [5, 5.41) is 2.68.